The molecule has 6 nitrogen and oxygen atoms in total. The summed E-state index contributed by atoms with van der Waals surface area (Å²) in [6, 6.07) is 5.94. The number of halogens is 7. The Hall–Kier alpha value is -3.71. The minimum atomic E-state index is -5.09. The van der Waals surface area contributed by atoms with Crippen molar-refractivity contribution in [3.63, 3.8) is 0 Å². The minimum Gasteiger partial charge on any atom is -0.394 e. The van der Waals surface area contributed by atoms with Crippen molar-refractivity contribution in [3.8, 4) is 11.1 Å². The Balaban J connectivity index is 1.85. The molecule has 1 saturated heterocycles. The van der Waals surface area contributed by atoms with Crippen LogP contribution in [0.4, 0.5) is 42.2 Å². The summed E-state index contributed by atoms with van der Waals surface area (Å²) >= 11 is 0. The number of aryl methyl sites for hydroxylation is 1. The van der Waals surface area contributed by atoms with Gasteiger partial charge in [-0.15, -0.1) is 0 Å². The van der Waals surface area contributed by atoms with E-state index in [1.165, 1.54) is 45.3 Å². The summed E-state index contributed by atoms with van der Waals surface area (Å²) in [4.78, 5) is 21.3. The second-order valence-corrected chi connectivity index (χ2v) is 11.5. The maximum atomic E-state index is 14.0. The van der Waals surface area contributed by atoms with Crippen molar-refractivity contribution >= 4 is 17.4 Å². The number of hydrogen-bond acceptors (Lipinski definition) is 5. The number of carbonyl (C=O) groups excluding carboxylic acids is 1. The molecule has 0 radical (unpaired) electrons. The molecule has 0 spiro atoms. The number of anilines is 2. The molecule has 2 N–H and O–H groups in total. The lowest BCUT2D eigenvalue weighted by Crippen LogP contribution is -2.42. The van der Waals surface area contributed by atoms with Gasteiger partial charge in [0.15, 0.2) is 0 Å². The van der Waals surface area contributed by atoms with Crippen LogP contribution in [0.2, 0.25) is 0 Å². The molecule has 2 heterocycles. The highest BCUT2D eigenvalue weighted by atomic mass is 19.4. The number of hydrogen-bond donors (Lipinski definition) is 2. The normalized spacial score (nSPS) is 17.7. The molecular weight excluding hydrogens is 595 g/mol. The van der Waals surface area contributed by atoms with Crippen molar-refractivity contribution in [2.45, 2.75) is 63.5 Å². The molecule has 0 aliphatic carbocycles. The average Bonchev–Trinajstić information content (AvgIpc) is 3.38. The van der Waals surface area contributed by atoms with Gasteiger partial charge in [-0.2, -0.15) is 26.3 Å². The number of rotatable bonds is 7. The third kappa shape index (κ3) is 6.39. The van der Waals surface area contributed by atoms with Gasteiger partial charge < -0.3 is 20.0 Å². The number of aromatic nitrogens is 1. The van der Waals surface area contributed by atoms with Gasteiger partial charge in [-0.1, -0.05) is 6.07 Å². The van der Waals surface area contributed by atoms with E-state index >= 15 is 0 Å². The van der Waals surface area contributed by atoms with E-state index in [0.717, 1.165) is 4.90 Å². The van der Waals surface area contributed by atoms with Crippen LogP contribution in [0.25, 0.3) is 11.1 Å². The highest BCUT2D eigenvalue weighted by Gasteiger charge is 2.41. The van der Waals surface area contributed by atoms with E-state index in [9.17, 15) is 45.7 Å². The number of amides is 1. The monoisotopic (exact) mass is 627 g/mol. The smallest absolute Gasteiger partial charge is 0.394 e. The van der Waals surface area contributed by atoms with Crippen molar-refractivity contribution < 1.29 is 45.7 Å². The number of benzene rings is 2. The number of aliphatic hydroxyl groups is 2. The Morgan fingerprint density at radius 2 is 1.41 bits per heavy atom. The van der Waals surface area contributed by atoms with E-state index in [-0.39, 0.29) is 37.1 Å². The lowest BCUT2D eigenvalue weighted by molar-refractivity contribution is -0.143. The first-order chi connectivity index (χ1) is 20.4. The Morgan fingerprint density at radius 3 is 1.89 bits per heavy atom. The summed E-state index contributed by atoms with van der Waals surface area (Å²) in [5, 5.41) is 19.9. The molecule has 1 aromatic heterocycles. The highest BCUT2D eigenvalue weighted by Crippen LogP contribution is 2.42. The van der Waals surface area contributed by atoms with E-state index in [1.807, 2.05) is 0 Å². The summed E-state index contributed by atoms with van der Waals surface area (Å²) in [7, 11) is 1.32. The lowest BCUT2D eigenvalue weighted by atomic mass is 9.81. The second-order valence-electron chi connectivity index (χ2n) is 11.5. The molecule has 2 atom stereocenters. The molecule has 1 aliphatic heterocycles. The van der Waals surface area contributed by atoms with E-state index in [0.29, 0.717) is 47.5 Å². The van der Waals surface area contributed by atoms with Gasteiger partial charge in [0.25, 0.3) is 0 Å². The summed E-state index contributed by atoms with van der Waals surface area (Å²) in [5.74, 6) is -0.989. The maximum Gasteiger partial charge on any atom is 0.416 e. The van der Waals surface area contributed by atoms with E-state index in [2.05, 4.69) is 4.98 Å². The second kappa shape index (κ2) is 12.0. The molecule has 238 valence electrons. The van der Waals surface area contributed by atoms with Crippen LogP contribution in [0.5, 0.6) is 0 Å². The van der Waals surface area contributed by atoms with Crippen LogP contribution in [0, 0.1) is 12.7 Å². The molecule has 1 aliphatic rings. The predicted octanol–water partition coefficient (Wildman–Crippen LogP) is 6.50. The fourth-order valence-corrected chi connectivity index (χ4v) is 5.65. The van der Waals surface area contributed by atoms with Gasteiger partial charge in [-0.3, -0.25) is 4.79 Å². The van der Waals surface area contributed by atoms with Crippen LogP contribution in [-0.2, 0) is 22.6 Å². The van der Waals surface area contributed by atoms with Gasteiger partial charge in [0.2, 0.25) is 5.91 Å². The highest BCUT2D eigenvalue weighted by molar-refractivity contribution is 6.03. The summed E-state index contributed by atoms with van der Waals surface area (Å²) in [6.07, 6.45) is -7.69. The van der Waals surface area contributed by atoms with E-state index in [4.69, 9.17) is 0 Å². The first-order valence-corrected chi connectivity index (χ1v) is 13.7. The van der Waals surface area contributed by atoms with Crippen molar-refractivity contribution in [2.24, 2.45) is 0 Å². The van der Waals surface area contributed by atoms with E-state index in [1.54, 1.807) is 17.9 Å². The van der Waals surface area contributed by atoms with Gasteiger partial charge >= 0.3 is 12.4 Å². The third-order valence-corrected chi connectivity index (χ3v) is 8.16. The molecule has 0 bridgehead atoms. The summed E-state index contributed by atoms with van der Waals surface area (Å²) in [6.45, 7) is 3.67. The SMILES string of the molecule is Cc1cc(F)ccc1-c1cc(N2[C@H](CO)CC[C@@H]2CO)ncc1N(C)C(=O)C(C)(C)c1cc(C(F)(F)F)cc(C(F)(F)F)c1. The zero-order valence-corrected chi connectivity index (χ0v) is 24.4. The Labute approximate surface area is 249 Å². The van der Waals surface area contributed by atoms with Crippen LogP contribution in [0.1, 0.15) is 48.9 Å². The number of nitrogens with zero attached hydrogens (tertiary/aromatic N) is 3. The van der Waals surface area contributed by atoms with Gasteiger partial charge in [0.05, 0.1) is 53.7 Å². The quantitative estimate of drug-likeness (QED) is 0.293. The van der Waals surface area contributed by atoms with Gasteiger partial charge in [0, 0.05) is 12.6 Å². The number of pyridine rings is 1. The van der Waals surface area contributed by atoms with Gasteiger partial charge in [-0.25, -0.2) is 9.37 Å². The summed E-state index contributed by atoms with van der Waals surface area (Å²) < 4.78 is 95.6. The van der Waals surface area contributed by atoms with Crippen LogP contribution in [0.15, 0.2) is 48.7 Å². The molecule has 4 rings (SSSR count). The van der Waals surface area contributed by atoms with Crippen molar-refractivity contribution in [1.29, 1.82) is 0 Å². The van der Waals surface area contributed by atoms with Crippen LogP contribution in [-0.4, -0.2) is 53.4 Å². The standard InChI is InChI=1S/C31H32F7N3O3/c1-17-9-21(32)5-8-24(17)25-13-27(41-22(15-42)6-7-23(41)16-43)39-14-26(25)40(4)28(44)29(2,3)18-10-19(30(33,34)35)12-20(11-18)31(36,37)38/h5,8-14,22-23,42-43H,6-7,15-16H2,1-4H3/t22-,23+. The molecule has 3 aromatic rings. The predicted molar refractivity (Wildman–Crippen MR) is 151 cm³/mol. The zero-order chi connectivity index (χ0) is 32.8. The van der Waals surface area contributed by atoms with Crippen molar-refractivity contribution in [3.05, 3.63) is 76.7 Å². The Kier molecular flexibility index (Phi) is 9.05. The number of likely N-dealkylation sites (N-methyl/N-ethyl adjacent to an activating group) is 1. The zero-order valence-electron chi connectivity index (χ0n) is 24.4. The van der Waals surface area contributed by atoms with Gasteiger partial charge in [-0.05, 0) is 86.7 Å². The third-order valence-electron chi connectivity index (χ3n) is 8.16. The number of carbonyl (C=O) groups is 1. The molecule has 1 amide bonds. The van der Waals surface area contributed by atoms with Crippen LogP contribution in [0.3, 0.4) is 0 Å². The lowest BCUT2D eigenvalue weighted by Gasteiger charge is -2.33. The molecule has 1 fully saturated rings. The van der Waals surface area contributed by atoms with Crippen molar-refractivity contribution in [1.82, 2.24) is 4.98 Å². The fraction of sp³-hybridized carbons (Fsp3) is 0.419. The van der Waals surface area contributed by atoms with Crippen LogP contribution < -0.4 is 9.80 Å². The fourth-order valence-electron chi connectivity index (χ4n) is 5.65. The molecular formula is C31H32F7N3O3. The first kappa shape index (κ1) is 33.2. The molecule has 2 aromatic carbocycles. The molecule has 13 heteroatoms. The molecule has 0 saturated carbocycles. The van der Waals surface area contributed by atoms with Crippen LogP contribution >= 0.6 is 0 Å². The summed E-state index contributed by atoms with van der Waals surface area (Å²) in [5.41, 5.74) is -3.94. The minimum absolute atomic E-state index is 0.00345. The van der Waals surface area contributed by atoms with E-state index < -0.39 is 46.2 Å². The first-order valence-electron chi connectivity index (χ1n) is 13.7. The maximum absolute atomic E-state index is 14.0. The number of alkyl halides is 6. The number of aliphatic hydroxyl groups excluding tert-OH is 2. The van der Waals surface area contributed by atoms with Crippen molar-refractivity contribution in [2.75, 3.05) is 30.1 Å². The molecule has 0 unspecified atom stereocenters. The Morgan fingerprint density at radius 1 is 0.886 bits per heavy atom. The largest absolute Gasteiger partial charge is 0.416 e. The van der Waals surface area contributed by atoms with Gasteiger partial charge in [0.1, 0.15) is 11.6 Å². The topological polar surface area (TPSA) is 76.9 Å². The Bertz CT molecular complexity index is 1490. The molecule has 44 heavy (non-hydrogen) atoms. The average molecular weight is 628 g/mol.